The van der Waals surface area contributed by atoms with E-state index in [1.807, 2.05) is 20.2 Å². The third-order valence-corrected chi connectivity index (χ3v) is 2.34. The van der Waals surface area contributed by atoms with E-state index in [1.165, 1.54) is 7.11 Å². The quantitative estimate of drug-likeness (QED) is 0.821. The number of hydrogen-bond acceptors (Lipinski definition) is 3. The first-order valence-electron chi connectivity index (χ1n) is 5.09. The molecule has 1 aromatic carbocycles. The summed E-state index contributed by atoms with van der Waals surface area (Å²) in [5.41, 5.74) is 1.23. The second-order valence-electron chi connectivity index (χ2n) is 3.89. The Labute approximate surface area is 95.5 Å². The molecule has 1 rings (SSSR count). The van der Waals surface area contributed by atoms with E-state index in [0.717, 1.165) is 18.5 Å². The molecule has 1 aromatic rings. The fourth-order valence-electron chi connectivity index (χ4n) is 1.43. The van der Waals surface area contributed by atoms with E-state index in [-0.39, 0.29) is 5.56 Å². The van der Waals surface area contributed by atoms with Gasteiger partial charge < -0.3 is 14.7 Å². The zero-order valence-corrected chi connectivity index (χ0v) is 9.86. The van der Waals surface area contributed by atoms with Gasteiger partial charge in [0.25, 0.3) is 0 Å². The van der Waals surface area contributed by atoms with E-state index in [2.05, 4.69) is 4.90 Å². The molecule has 0 radical (unpaired) electrons. The van der Waals surface area contributed by atoms with Crippen LogP contribution in [-0.2, 0) is 6.42 Å². The van der Waals surface area contributed by atoms with Crippen LogP contribution < -0.4 is 4.74 Å². The summed E-state index contributed by atoms with van der Waals surface area (Å²) in [7, 11) is 5.45. The van der Waals surface area contributed by atoms with E-state index < -0.39 is 5.97 Å². The molecular formula is C12H17NO3. The van der Waals surface area contributed by atoms with Crippen molar-refractivity contribution in [1.29, 1.82) is 0 Å². The van der Waals surface area contributed by atoms with Crippen molar-refractivity contribution in [3.8, 4) is 5.75 Å². The molecular weight excluding hydrogens is 206 g/mol. The topological polar surface area (TPSA) is 49.8 Å². The zero-order chi connectivity index (χ0) is 12.1. The molecule has 0 amide bonds. The Morgan fingerprint density at radius 3 is 2.62 bits per heavy atom. The summed E-state index contributed by atoms with van der Waals surface area (Å²) in [6, 6.07) is 5.27. The van der Waals surface area contributed by atoms with Gasteiger partial charge in [-0.05, 0) is 38.2 Å². The van der Waals surface area contributed by atoms with Crippen LogP contribution in [0.3, 0.4) is 0 Å². The highest BCUT2D eigenvalue weighted by atomic mass is 16.5. The highest BCUT2D eigenvalue weighted by Gasteiger charge is 2.11. The van der Waals surface area contributed by atoms with Gasteiger partial charge in [-0.3, -0.25) is 0 Å². The molecule has 0 fully saturated rings. The highest BCUT2D eigenvalue weighted by Crippen LogP contribution is 2.20. The number of methoxy groups -OCH3 is 1. The van der Waals surface area contributed by atoms with Gasteiger partial charge in [-0.25, -0.2) is 4.79 Å². The molecule has 0 aliphatic carbocycles. The van der Waals surface area contributed by atoms with Crippen molar-refractivity contribution in [1.82, 2.24) is 4.90 Å². The number of likely N-dealkylation sites (N-methyl/N-ethyl adjacent to an activating group) is 1. The van der Waals surface area contributed by atoms with Crippen molar-refractivity contribution < 1.29 is 14.6 Å². The standard InChI is InChI=1S/C12H17NO3/c1-13(2)7-6-9-4-5-11(16-3)10(8-9)12(14)15/h4-5,8H,6-7H2,1-3H3,(H,14,15). The fourth-order valence-corrected chi connectivity index (χ4v) is 1.43. The van der Waals surface area contributed by atoms with Gasteiger partial charge in [0.2, 0.25) is 0 Å². The smallest absolute Gasteiger partial charge is 0.339 e. The molecule has 4 heteroatoms. The van der Waals surface area contributed by atoms with E-state index >= 15 is 0 Å². The Hall–Kier alpha value is -1.55. The predicted molar refractivity (Wildman–Crippen MR) is 62.2 cm³/mol. The lowest BCUT2D eigenvalue weighted by molar-refractivity contribution is 0.0693. The number of carbonyl (C=O) groups is 1. The number of nitrogens with zero attached hydrogens (tertiary/aromatic N) is 1. The summed E-state index contributed by atoms with van der Waals surface area (Å²) in [5.74, 6) is -0.551. The maximum absolute atomic E-state index is 11.0. The van der Waals surface area contributed by atoms with Crippen LogP contribution >= 0.6 is 0 Å². The van der Waals surface area contributed by atoms with Crippen LogP contribution in [0, 0.1) is 0 Å². The van der Waals surface area contributed by atoms with Gasteiger partial charge in [0.1, 0.15) is 11.3 Å². The van der Waals surface area contributed by atoms with Crippen LogP contribution in [0.1, 0.15) is 15.9 Å². The van der Waals surface area contributed by atoms with Crippen molar-refractivity contribution >= 4 is 5.97 Å². The molecule has 0 saturated carbocycles. The predicted octanol–water partition coefficient (Wildman–Crippen LogP) is 1.50. The van der Waals surface area contributed by atoms with E-state index in [0.29, 0.717) is 5.75 Å². The molecule has 0 spiro atoms. The molecule has 88 valence electrons. The van der Waals surface area contributed by atoms with Gasteiger partial charge in [-0.1, -0.05) is 6.07 Å². The first-order chi connectivity index (χ1) is 7.54. The average Bonchev–Trinajstić information content (AvgIpc) is 2.25. The molecule has 4 nitrogen and oxygen atoms in total. The molecule has 0 bridgehead atoms. The lowest BCUT2D eigenvalue weighted by Crippen LogP contribution is -2.15. The summed E-state index contributed by atoms with van der Waals surface area (Å²) in [6.45, 7) is 0.894. The number of hydrogen-bond donors (Lipinski definition) is 1. The Morgan fingerprint density at radius 1 is 1.44 bits per heavy atom. The minimum absolute atomic E-state index is 0.221. The minimum Gasteiger partial charge on any atom is -0.496 e. The molecule has 0 unspecified atom stereocenters. The second kappa shape index (κ2) is 5.51. The first-order valence-corrected chi connectivity index (χ1v) is 5.09. The molecule has 16 heavy (non-hydrogen) atoms. The van der Waals surface area contributed by atoms with Crippen molar-refractivity contribution in [2.24, 2.45) is 0 Å². The van der Waals surface area contributed by atoms with Crippen molar-refractivity contribution in [3.63, 3.8) is 0 Å². The van der Waals surface area contributed by atoms with Gasteiger partial charge in [0.05, 0.1) is 7.11 Å². The van der Waals surface area contributed by atoms with E-state index in [9.17, 15) is 4.79 Å². The van der Waals surface area contributed by atoms with Gasteiger partial charge in [0.15, 0.2) is 0 Å². The molecule has 0 heterocycles. The van der Waals surface area contributed by atoms with Crippen LogP contribution in [-0.4, -0.2) is 43.7 Å². The average molecular weight is 223 g/mol. The fraction of sp³-hybridized carbons (Fsp3) is 0.417. The normalized spacial score (nSPS) is 10.5. The largest absolute Gasteiger partial charge is 0.496 e. The van der Waals surface area contributed by atoms with Crippen LogP contribution in [0.2, 0.25) is 0 Å². The maximum Gasteiger partial charge on any atom is 0.339 e. The minimum atomic E-state index is -0.955. The molecule has 0 atom stereocenters. The number of aromatic carboxylic acids is 1. The first kappa shape index (κ1) is 12.5. The number of benzene rings is 1. The molecule has 0 saturated heterocycles. The SMILES string of the molecule is COc1ccc(CCN(C)C)cc1C(=O)O. The lowest BCUT2D eigenvalue weighted by atomic mass is 10.1. The van der Waals surface area contributed by atoms with Gasteiger partial charge >= 0.3 is 5.97 Å². The molecule has 1 N–H and O–H groups in total. The van der Waals surface area contributed by atoms with E-state index in [1.54, 1.807) is 12.1 Å². The Kier molecular flexibility index (Phi) is 4.31. The molecule has 0 aromatic heterocycles. The van der Waals surface area contributed by atoms with E-state index in [4.69, 9.17) is 9.84 Å². The summed E-state index contributed by atoms with van der Waals surface area (Å²) < 4.78 is 5.00. The lowest BCUT2D eigenvalue weighted by Gasteiger charge is -2.11. The van der Waals surface area contributed by atoms with Gasteiger partial charge in [-0.15, -0.1) is 0 Å². The van der Waals surface area contributed by atoms with Crippen LogP contribution in [0.5, 0.6) is 5.75 Å². The monoisotopic (exact) mass is 223 g/mol. The Bertz CT molecular complexity index is 375. The second-order valence-corrected chi connectivity index (χ2v) is 3.89. The Morgan fingerprint density at radius 2 is 2.12 bits per heavy atom. The number of rotatable bonds is 5. The maximum atomic E-state index is 11.0. The molecule has 0 aliphatic rings. The molecule has 0 aliphatic heterocycles. The van der Waals surface area contributed by atoms with Crippen molar-refractivity contribution in [2.75, 3.05) is 27.7 Å². The van der Waals surface area contributed by atoms with Crippen LogP contribution in [0.25, 0.3) is 0 Å². The van der Waals surface area contributed by atoms with Crippen molar-refractivity contribution in [2.45, 2.75) is 6.42 Å². The highest BCUT2D eigenvalue weighted by molar-refractivity contribution is 5.91. The van der Waals surface area contributed by atoms with Gasteiger partial charge in [0, 0.05) is 6.54 Å². The number of ether oxygens (including phenoxy) is 1. The number of carboxylic acid groups (broad SMARTS) is 1. The Balaban J connectivity index is 2.89. The van der Waals surface area contributed by atoms with Crippen LogP contribution in [0.4, 0.5) is 0 Å². The number of carboxylic acids is 1. The summed E-state index contributed by atoms with van der Waals surface area (Å²) >= 11 is 0. The third kappa shape index (κ3) is 3.24. The van der Waals surface area contributed by atoms with Crippen molar-refractivity contribution in [3.05, 3.63) is 29.3 Å². The van der Waals surface area contributed by atoms with Crippen LogP contribution in [0.15, 0.2) is 18.2 Å². The van der Waals surface area contributed by atoms with Gasteiger partial charge in [-0.2, -0.15) is 0 Å². The summed E-state index contributed by atoms with van der Waals surface area (Å²) in [6.07, 6.45) is 0.831. The summed E-state index contributed by atoms with van der Waals surface area (Å²) in [4.78, 5) is 13.0. The summed E-state index contributed by atoms with van der Waals surface area (Å²) in [5, 5.41) is 9.01. The zero-order valence-electron chi connectivity index (χ0n) is 9.86. The third-order valence-electron chi connectivity index (χ3n) is 2.34.